The predicted molar refractivity (Wildman–Crippen MR) is 65.0 cm³/mol. The van der Waals surface area contributed by atoms with Crippen LogP contribution in [0.5, 0.6) is 5.75 Å². The van der Waals surface area contributed by atoms with E-state index in [2.05, 4.69) is 26.4 Å². The molecule has 0 radical (unpaired) electrons. The SMILES string of the molecule is Cc1cc(NC(=O)c2ccc(Br)c(O)c2)on1. The van der Waals surface area contributed by atoms with Crippen molar-refractivity contribution in [3.8, 4) is 5.75 Å². The van der Waals surface area contributed by atoms with Crippen LogP contribution in [0.1, 0.15) is 16.1 Å². The number of halogens is 1. The van der Waals surface area contributed by atoms with Gasteiger partial charge in [-0.1, -0.05) is 5.16 Å². The Morgan fingerprint density at radius 1 is 1.47 bits per heavy atom. The zero-order valence-electron chi connectivity index (χ0n) is 8.90. The highest BCUT2D eigenvalue weighted by atomic mass is 79.9. The lowest BCUT2D eigenvalue weighted by Gasteiger charge is -2.02. The van der Waals surface area contributed by atoms with Crippen LogP contribution in [-0.4, -0.2) is 16.2 Å². The van der Waals surface area contributed by atoms with Crippen molar-refractivity contribution in [1.82, 2.24) is 5.16 Å². The summed E-state index contributed by atoms with van der Waals surface area (Å²) in [7, 11) is 0. The number of anilines is 1. The van der Waals surface area contributed by atoms with Gasteiger partial charge >= 0.3 is 0 Å². The summed E-state index contributed by atoms with van der Waals surface area (Å²) in [6, 6.07) is 6.15. The maximum Gasteiger partial charge on any atom is 0.258 e. The molecule has 1 aromatic carbocycles. The van der Waals surface area contributed by atoms with Gasteiger partial charge in [0.05, 0.1) is 10.2 Å². The van der Waals surface area contributed by atoms with Crippen LogP contribution in [-0.2, 0) is 0 Å². The Balaban J connectivity index is 2.17. The number of carbonyl (C=O) groups excluding carboxylic acids is 1. The van der Waals surface area contributed by atoms with E-state index in [9.17, 15) is 9.90 Å². The van der Waals surface area contributed by atoms with E-state index >= 15 is 0 Å². The van der Waals surface area contributed by atoms with Crippen molar-refractivity contribution in [1.29, 1.82) is 0 Å². The minimum absolute atomic E-state index is 0.00593. The van der Waals surface area contributed by atoms with Crippen molar-refractivity contribution < 1.29 is 14.4 Å². The van der Waals surface area contributed by atoms with Crippen LogP contribution in [0, 0.1) is 6.92 Å². The number of nitrogens with zero attached hydrogens (tertiary/aromatic N) is 1. The fourth-order valence-electron chi connectivity index (χ4n) is 1.26. The first-order valence-corrected chi connectivity index (χ1v) is 5.59. The first kappa shape index (κ1) is 11.7. The van der Waals surface area contributed by atoms with Crippen LogP contribution in [0.2, 0.25) is 0 Å². The number of rotatable bonds is 2. The van der Waals surface area contributed by atoms with Crippen LogP contribution >= 0.6 is 15.9 Å². The van der Waals surface area contributed by atoms with Gasteiger partial charge in [-0.05, 0) is 41.1 Å². The second-order valence-corrected chi connectivity index (χ2v) is 4.31. The maximum absolute atomic E-state index is 11.8. The quantitative estimate of drug-likeness (QED) is 0.893. The van der Waals surface area contributed by atoms with Crippen molar-refractivity contribution in [2.75, 3.05) is 5.32 Å². The van der Waals surface area contributed by atoms with Gasteiger partial charge in [-0.15, -0.1) is 0 Å². The van der Waals surface area contributed by atoms with E-state index in [4.69, 9.17) is 4.52 Å². The molecule has 2 rings (SSSR count). The molecule has 2 aromatic rings. The molecular formula is C11H9BrN2O3. The van der Waals surface area contributed by atoms with Crippen LogP contribution in [0.25, 0.3) is 0 Å². The molecule has 2 N–H and O–H groups in total. The van der Waals surface area contributed by atoms with Gasteiger partial charge in [-0.2, -0.15) is 0 Å². The number of amides is 1. The second-order valence-electron chi connectivity index (χ2n) is 3.45. The number of hydrogen-bond acceptors (Lipinski definition) is 4. The Labute approximate surface area is 106 Å². The van der Waals surface area contributed by atoms with Crippen molar-refractivity contribution in [2.24, 2.45) is 0 Å². The van der Waals surface area contributed by atoms with Gasteiger partial charge in [0.15, 0.2) is 0 Å². The normalized spacial score (nSPS) is 10.2. The summed E-state index contributed by atoms with van der Waals surface area (Å²) in [4.78, 5) is 11.8. The van der Waals surface area contributed by atoms with E-state index in [0.717, 1.165) is 0 Å². The Bertz CT molecular complexity index is 566. The summed E-state index contributed by atoms with van der Waals surface area (Å²) >= 11 is 3.14. The molecule has 0 bridgehead atoms. The predicted octanol–water partition coefficient (Wildman–Crippen LogP) is 2.70. The molecule has 88 valence electrons. The molecular weight excluding hydrogens is 288 g/mol. The van der Waals surface area contributed by atoms with Crippen LogP contribution < -0.4 is 5.32 Å². The van der Waals surface area contributed by atoms with E-state index in [-0.39, 0.29) is 17.5 Å². The minimum Gasteiger partial charge on any atom is -0.507 e. The number of hydrogen-bond donors (Lipinski definition) is 2. The summed E-state index contributed by atoms with van der Waals surface area (Å²) < 4.78 is 5.39. The van der Waals surface area contributed by atoms with Crippen LogP contribution in [0.4, 0.5) is 5.88 Å². The third-order valence-corrected chi connectivity index (χ3v) is 2.74. The van der Waals surface area contributed by atoms with Crippen molar-refractivity contribution in [3.05, 3.63) is 40.0 Å². The molecule has 0 aliphatic rings. The molecule has 5 nitrogen and oxygen atoms in total. The lowest BCUT2D eigenvalue weighted by Crippen LogP contribution is -2.11. The third-order valence-electron chi connectivity index (χ3n) is 2.07. The van der Waals surface area contributed by atoms with Crippen molar-refractivity contribution in [3.63, 3.8) is 0 Å². The van der Waals surface area contributed by atoms with E-state index in [0.29, 0.717) is 15.7 Å². The Kier molecular flexibility index (Phi) is 3.14. The Morgan fingerprint density at radius 3 is 2.82 bits per heavy atom. The molecule has 0 unspecified atom stereocenters. The molecule has 0 fully saturated rings. The first-order chi connectivity index (χ1) is 8.06. The molecule has 1 aromatic heterocycles. The number of aryl methyl sites for hydroxylation is 1. The van der Waals surface area contributed by atoms with Gasteiger partial charge in [-0.25, -0.2) is 0 Å². The topological polar surface area (TPSA) is 75.4 Å². The van der Waals surface area contributed by atoms with E-state index in [1.807, 2.05) is 0 Å². The number of phenolic OH excluding ortho intramolecular Hbond substituents is 1. The molecule has 1 amide bonds. The highest BCUT2D eigenvalue weighted by molar-refractivity contribution is 9.10. The first-order valence-electron chi connectivity index (χ1n) is 4.79. The number of phenols is 1. The molecule has 0 spiro atoms. The highest BCUT2D eigenvalue weighted by Crippen LogP contribution is 2.24. The summed E-state index contributed by atoms with van der Waals surface area (Å²) in [5.74, 6) is -0.0924. The standard InChI is InChI=1S/C11H9BrN2O3/c1-6-4-10(17-14-6)13-11(16)7-2-3-8(12)9(15)5-7/h2-5,15H,1H3,(H,13,16). The average Bonchev–Trinajstić information content (AvgIpc) is 2.68. The number of benzene rings is 1. The molecule has 0 saturated heterocycles. The fraction of sp³-hybridized carbons (Fsp3) is 0.0909. The molecule has 0 aliphatic heterocycles. The number of aromatic nitrogens is 1. The second kappa shape index (κ2) is 4.58. The average molecular weight is 297 g/mol. The third kappa shape index (κ3) is 2.65. The monoisotopic (exact) mass is 296 g/mol. The van der Waals surface area contributed by atoms with Gasteiger partial charge in [-0.3, -0.25) is 10.1 Å². The van der Waals surface area contributed by atoms with E-state index in [1.54, 1.807) is 25.1 Å². The Morgan fingerprint density at radius 2 is 2.24 bits per heavy atom. The number of nitrogens with one attached hydrogen (secondary N) is 1. The molecule has 17 heavy (non-hydrogen) atoms. The molecule has 0 aliphatic carbocycles. The van der Waals surface area contributed by atoms with Gasteiger partial charge in [0.2, 0.25) is 5.88 Å². The number of carbonyl (C=O) groups is 1. The zero-order chi connectivity index (χ0) is 12.4. The lowest BCUT2D eigenvalue weighted by molar-refractivity contribution is 0.102. The van der Waals surface area contributed by atoms with Gasteiger partial charge < -0.3 is 9.63 Å². The van der Waals surface area contributed by atoms with Gasteiger partial charge in [0.25, 0.3) is 5.91 Å². The Hall–Kier alpha value is -1.82. The number of aromatic hydroxyl groups is 1. The fourth-order valence-corrected chi connectivity index (χ4v) is 1.51. The van der Waals surface area contributed by atoms with E-state index in [1.165, 1.54) is 6.07 Å². The smallest absolute Gasteiger partial charge is 0.258 e. The minimum atomic E-state index is -0.371. The summed E-state index contributed by atoms with van der Waals surface area (Å²) in [6.07, 6.45) is 0. The molecule has 0 saturated carbocycles. The van der Waals surface area contributed by atoms with Crippen LogP contribution in [0.15, 0.2) is 33.3 Å². The van der Waals surface area contributed by atoms with Gasteiger partial charge in [0, 0.05) is 11.6 Å². The zero-order valence-corrected chi connectivity index (χ0v) is 10.5. The van der Waals surface area contributed by atoms with Gasteiger partial charge in [0.1, 0.15) is 5.75 Å². The van der Waals surface area contributed by atoms with Crippen LogP contribution in [0.3, 0.4) is 0 Å². The highest BCUT2D eigenvalue weighted by Gasteiger charge is 2.10. The summed E-state index contributed by atoms with van der Waals surface area (Å²) in [6.45, 7) is 1.75. The summed E-state index contributed by atoms with van der Waals surface area (Å²) in [5, 5.41) is 15.6. The maximum atomic E-state index is 11.8. The molecule has 1 heterocycles. The molecule has 0 atom stereocenters. The van der Waals surface area contributed by atoms with Crippen molar-refractivity contribution >= 4 is 27.7 Å². The summed E-state index contributed by atoms with van der Waals surface area (Å²) in [5.41, 5.74) is 1.01. The molecule has 6 heteroatoms. The van der Waals surface area contributed by atoms with Crippen molar-refractivity contribution in [2.45, 2.75) is 6.92 Å². The lowest BCUT2D eigenvalue weighted by atomic mass is 10.2. The largest absolute Gasteiger partial charge is 0.507 e. The van der Waals surface area contributed by atoms with E-state index < -0.39 is 0 Å².